The summed E-state index contributed by atoms with van der Waals surface area (Å²) in [5, 5.41) is 14.4. The number of Topliss-reactive ketones (excluding diaryl/α,β-unsaturated/α-hetero) is 1. The summed E-state index contributed by atoms with van der Waals surface area (Å²) in [7, 11) is 0. The van der Waals surface area contributed by atoms with Crippen LogP contribution in [0.4, 0.5) is 11.4 Å². The average molecular weight is 525 g/mol. The minimum atomic E-state index is -1.18. The number of hydrogen-bond donors (Lipinski definition) is 3. The molecule has 0 aliphatic rings. The summed E-state index contributed by atoms with van der Waals surface area (Å²) in [4.78, 5) is 49.7. The molecule has 0 bridgehead atoms. The average Bonchev–Trinajstić information content (AvgIpc) is 2.93. The van der Waals surface area contributed by atoms with Crippen LogP contribution in [-0.4, -0.2) is 28.7 Å². The van der Waals surface area contributed by atoms with Crippen LogP contribution in [0.1, 0.15) is 48.8 Å². The number of anilines is 2. The number of amides is 2. The lowest BCUT2D eigenvalue weighted by Crippen LogP contribution is -2.19. The van der Waals surface area contributed by atoms with Gasteiger partial charge in [-0.3, -0.25) is 14.4 Å². The van der Waals surface area contributed by atoms with Crippen LogP contribution < -0.4 is 10.6 Å². The number of nitrogens with one attached hydrogen (secondary N) is 2. The molecule has 4 aromatic carbocycles. The van der Waals surface area contributed by atoms with Gasteiger partial charge in [0.1, 0.15) is 5.25 Å². The highest BCUT2D eigenvalue weighted by Crippen LogP contribution is 2.36. The zero-order chi connectivity index (χ0) is 27.1. The first-order valence-corrected chi connectivity index (χ1v) is 12.6. The topological polar surface area (TPSA) is 113 Å². The van der Waals surface area contributed by atoms with Crippen LogP contribution in [0.5, 0.6) is 0 Å². The molecule has 38 heavy (non-hydrogen) atoms. The summed E-state index contributed by atoms with van der Waals surface area (Å²) in [6.45, 7) is 1.49. The highest BCUT2D eigenvalue weighted by molar-refractivity contribution is 8.00. The first-order chi connectivity index (χ1) is 18.3. The van der Waals surface area contributed by atoms with Gasteiger partial charge in [-0.1, -0.05) is 42.5 Å². The second kappa shape index (κ2) is 12.0. The maximum Gasteiger partial charge on any atom is 0.336 e. The Hall–Kier alpha value is -4.69. The van der Waals surface area contributed by atoms with Gasteiger partial charge in [0.2, 0.25) is 5.91 Å². The normalized spacial score (nSPS) is 11.3. The molecule has 0 aliphatic heterocycles. The Morgan fingerprint density at radius 1 is 0.684 bits per heavy atom. The maximum absolute atomic E-state index is 13.3. The molecule has 0 spiro atoms. The van der Waals surface area contributed by atoms with Gasteiger partial charge in [-0.05, 0) is 73.2 Å². The third-order valence-corrected chi connectivity index (χ3v) is 6.93. The summed E-state index contributed by atoms with van der Waals surface area (Å²) in [5.74, 6) is -1.98. The van der Waals surface area contributed by atoms with Gasteiger partial charge in [-0.15, -0.1) is 11.8 Å². The third-order valence-electron chi connectivity index (χ3n) is 5.67. The lowest BCUT2D eigenvalue weighted by Gasteiger charge is -2.17. The highest BCUT2D eigenvalue weighted by atomic mass is 32.2. The molecule has 2 amide bonds. The zero-order valence-electron chi connectivity index (χ0n) is 20.4. The molecule has 0 saturated carbocycles. The molecule has 1 atom stereocenters. The standard InChI is InChI=1S/C30H24N2O5S/c1-19(33)20-11-13-22(14-12-20)32-29(35)27(21-7-3-2-4-8-21)38-24-17-15-23(16-18-24)31-28(34)25-9-5-6-10-26(25)30(36)37/h2-18,27H,1H3,(H,31,34)(H,32,35)(H,36,37)/t27-/m1/s1. The number of benzene rings is 4. The van der Waals surface area contributed by atoms with Gasteiger partial charge in [0.15, 0.2) is 5.78 Å². The van der Waals surface area contributed by atoms with Crippen LogP contribution in [0.15, 0.2) is 108 Å². The van der Waals surface area contributed by atoms with Crippen LogP contribution in [-0.2, 0) is 4.79 Å². The number of carbonyl (C=O) groups excluding carboxylic acids is 3. The van der Waals surface area contributed by atoms with E-state index in [1.165, 1.54) is 30.8 Å². The molecule has 190 valence electrons. The van der Waals surface area contributed by atoms with Crippen molar-refractivity contribution in [1.82, 2.24) is 0 Å². The number of hydrogen-bond acceptors (Lipinski definition) is 5. The summed E-state index contributed by atoms with van der Waals surface area (Å²) < 4.78 is 0. The fraction of sp³-hybridized carbons (Fsp3) is 0.0667. The van der Waals surface area contributed by atoms with Crippen molar-refractivity contribution in [1.29, 1.82) is 0 Å². The largest absolute Gasteiger partial charge is 0.478 e. The van der Waals surface area contributed by atoms with Gasteiger partial charge >= 0.3 is 5.97 Å². The molecular weight excluding hydrogens is 500 g/mol. The predicted octanol–water partition coefficient (Wildman–Crippen LogP) is 6.31. The summed E-state index contributed by atoms with van der Waals surface area (Å²) in [5.41, 5.74) is 2.45. The van der Waals surface area contributed by atoms with E-state index >= 15 is 0 Å². The minimum absolute atomic E-state index is 0.0497. The van der Waals surface area contributed by atoms with Crippen LogP contribution in [0, 0.1) is 0 Å². The molecular formula is C30H24N2O5S. The van der Waals surface area contributed by atoms with Crippen molar-refractivity contribution in [3.8, 4) is 0 Å². The number of rotatable bonds is 9. The molecule has 0 heterocycles. The van der Waals surface area contributed by atoms with Crippen LogP contribution in [0.3, 0.4) is 0 Å². The monoisotopic (exact) mass is 524 g/mol. The third kappa shape index (κ3) is 6.54. The SMILES string of the molecule is CC(=O)c1ccc(NC(=O)[C@H](Sc2ccc(NC(=O)c3ccccc3C(=O)O)cc2)c2ccccc2)cc1. The predicted molar refractivity (Wildman–Crippen MR) is 148 cm³/mol. The molecule has 3 N–H and O–H groups in total. The van der Waals surface area contributed by atoms with E-state index in [9.17, 15) is 24.3 Å². The Labute approximate surface area is 223 Å². The molecule has 7 nitrogen and oxygen atoms in total. The second-order valence-corrected chi connectivity index (χ2v) is 9.54. The molecule has 0 radical (unpaired) electrons. The van der Waals surface area contributed by atoms with E-state index in [-0.39, 0.29) is 22.8 Å². The molecule has 0 fully saturated rings. The Balaban J connectivity index is 1.49. The number of carboxylic acid groups (broad SMARTS) is 1. The number of aromatic carboxylic acids is 1. The fourth-order valence-corrected chi connectivity index (χ4v) is 4.74. The van der Waals surface area contributed by atoms with Crippen molar-refractivity contribution in [3.05, 3.63) is 125 Å². The second-order valence-electron chi connectivity index (χ2n) is 8.36. The molecule has 0 saturated heterocycles. The van der Waals surface area contributed by atoms with E-state index in [1.54, 1.807) is 60.7 Å². The van der Waals surface area contributed by atoms with Crippen LogP contribution >= 0.6 is 11.8 Å². The van der Waals surface area contributed by atoms with E-state index in [1.807, 2.05) is 30.3 Å². The van der Waals surface area contributed by atoms with Gasteiger partial charge in [0.05, 0.1) is 11.1 Å². The Kier molecular flexibility index (Phi) is 8.35. The number of ketones is 1. The molecule has 8 heteroatoms. The molecule has 4 aromatic rings. The quantitative estimate of drug-likeness (QED) is 0.175. The Bertz CT molecular complexity index is 1470. The summed E-state index contributed by atoms with van der Waals surface area (Å²) >= 11 is 1.35. The number of carbonyl (C=O) groups is 4. The van der Waals surface area contributed by atoms with Gasteiger partial charge in [-0.25, -0.2) is 4.79 Å². The summed E-state index contributed by atoms with van der Waals surface area (Å²) in [6.07, 6.45) is 0. The van der Waals surface area contributed by atoms with E-state index in [2.05, 4.69) is 10.6 Å². The van der Waals surface area contributed by atoms with Crippen molar-refractivity contribution >= 4 is 46.7 Å². The molecule has 4 rings (SSSR count). The van der Waals surface area contributed by atoms with Crippen molar-refractivity contribution < 1.29 is 24.3 Å². The lowest BCUT2D eigenvalue weighted by atomic mass is 10.1. The molecule has 0 aromatic heterocycles. The van der Waals surface area contributed by atoms with E-state index in [0.29, 0.717) is 16.9 Å². The minimum Gasteiger partial charge on any atom is -0.478 e. The Morgan fingerprint density at radius 3 is 1.84 bits per heavy atom. The number of thioether (sulfide) groups is 1. The van der Waals surface area contributed by atoms with Crippen molar-refractivity contribution in [2.45, 2.75) is 17.1 Å². The van der Waals surface area contributed by atoms with Crippen LogP contribution in [0.25, 0.3) is 0 Å². The Morgan fingerprint density at radius 2 is 1.24 bits per heavy atom. The van der Waals surface area contributed by atoms with Gasteiger partial charge in [0.25, 0.3) is 5.91 Å². The van der Waals surface area contributed by atoms with E-state index in [0.717, 1.165) is 10.5 Å². The van der Waals surface area contributed by atoms with Gasteiger partial charge in [0, 0.05) is 21.8 Å². The van der Waals surface area contributed by atoms with Crippen molar-refractivity contribution in [3.63, 3.8) is 0 Å². The maximum atomic E-state index is 13.3. The first kappa shape index (κ1) is 26.4. The molecule has 0 aliphatic carbocycles. The summed E-state index contributed by atoms with van der Waals surface area (Å²) in [6, 6.07) is 29.1. The van der Waals surface area contributed by atoms with Crippen LogP contribution in [0.2, 0.25) is 0 Å². The highest BCUT2D eigenvalue weighted by Gasteiger charge is 2.22. The lowest BCUT2D eigenvalue weighted by molar-refractivity contribution is -0.115. The van der Waals surface area contributed by atoms with Gasteiger partial charge in [-0.2, -0.15) is 0 Å². The first-order valence-electron chi connectivity index (χ1n) is 11.7. The molecule has 0 unspecified atom stereocenters. The van der Waals surface area contributed by atoms with E-state index in [4.69, 9.17) is 0 Å². The van der Waals surface area contributed by atoms with Crippen molar-refractivity contribution in [2.75, 3.05) is 10.6 Å². The smallest absolute Gasteiger partial charge is 0.336 e. The van der Waals surface area contributed by atoms with Crippen molar-refractivity contribution in [2.24, 2.45) is 0 Å². The number of carboxylic acids is 1. The van der Waals surface area contributed by atoms with Gasteiger partial charge < -0.3 is 15.7 Å². The zero-order valence-corrected chi connectivity index (χ0v) is 21.2. The fourth-order valence-electron chi connectivity index (χ4n) is 3.72. The van der Waals surface area contributed by atoms with E-state index < -0.39 is 17.1 Å².